The van der Waals surface area contributed by atoms with Crippen LogP contribution in [-0.4, -0.2) is 66.0 Å². The van der Waals surface area contributed by atoms with Crippen molar-refractivity contribution in [2.24, 2.45) is 11.8 Å². The lowest BCUT2D eigenvalue weighted by Gasteiger charge is -2.46. The quantitative estimate of drug-likeness (QED) is 0.451. The van der Waals surface area contributed by atoms with Crippen molar-refractivity contribution in [1.82, 2.24) is 14.8 Å². The third kappa shape index (κ3) is 4.26. The minimum Gasteiger partial charge on any atom is -0.399 e. The Labute approximate surface area is 226 Å². The Morgan fingerprint density at radius 1 is 1.18 bits per heavy atom. The molecule has 6 rings (SSSR count). The van der Waals surface area contributed by atoms with Gasteiger partial charge in [0.15, 0.2) is 5.78 Å². The van der Waals surface area contributed by atoms with Crippen molar-refractivity contribution >= 4 is 22.4 Å². The van der Waals surface area contributed by atoms with Crippen molar-refractivity contribution in [1.29, 1.82) is 0 Å². The molecule has 1 aromatic carbocycles. The average molecular weight is 513 g/mol. The number of ether oxygens (including phenoxy) is 1. The summed E-state index contributed by atoms with van der Waals surface area (Å²) in [6.07, 6.45) is 5.00. The normalized spacial score (nSPS) is 23.6. The number of Topliss-reactive ketones (excluding diaryl/α,β-unsaturated/α-hetero) is 1. The molecule has 3 heterocycles. The van der Waals surface area contributed by atoms with E-state index in [2.05, 4.69) is 60.4 Å². The van der Waals surface area contributed by atoms with Gasteiger partial charge in [0.1, 0.15) is 0 Å². The molecule has 0 bridgehead atoms. The van der Waals surface area contributed by atoms with Gasteiger partial charge in [-0.15, -0.1) is 5.92 Å². The molecule has 2 fully saturated rings. The van der Waals surface area contributed by atoms with Gasteiger partial charge in [0.2, 0.25) is 0 Å². The number of nitrogens with zero attached hydrogens (tertiary/aromatic N) is 2. The topological polar surface area (TPSA) is 74.6 Å². The monoisotopic (exact) mass is 512 g/mol. The maximum absolute atomic E-state index is 14.1. The largest absolute Gasteiger partial charge is 0.399 e. The Bertz CT molecular complexity index is 1390. The number of anilines is 1. The van der Waals surface area contributed by atoms with E-state index in [9.17, 15) is 4.79 Å². The number of fused-ring (bicyclic) bond motifs is 3. The van der Waals surface area contributed by atoms with Crippen molar-refractivity contribution in [2.75, 3.05) is 45.1 Å². The van der Waals surface area contributed by atoms with E-state index in [0.717, 1.165) is 85.5 Å². The van der Waals surface area contributed by atoms with Gasteiger partial charge in [0.05, 0.1) is 30.7 Å². The molecule has 2 saturated heterocycles. The third-order valence-electron chi connectivity index (χ3n) is 8.94. The number of H-pyrrole nitrogens is 1. The van der Waals surface area contributed by atoms with Crippen LogP contribution in [0.25, 0.3) is 10.9 Å². The maximum atomic E-state index is 14.1. The van der Waals surface area contributed by atoms with Crippen molar-refractivity contribution in [2.45, 2.75) is 58.4 Å². The molecule has 0 spiro atoms. The zero-order valence-corrected chi connectivity index (χ0v) is 23.2. The molecule has 38 heavy (non-hydrogen) atoms. The van der Waals surface area contributed by atoms with Gasteiger partial charge in [-0.2, -0.15) is 0 Å². The second kappa shape index (κ2) is 9.63. The molecule has 0 radical (unpaired) electrons. The van der Waals surface area contributed by atoms with Gasteiger partial charge in [0, 0.05) is 71.6 Å². The lowest BCUT2D eigenvalue weighted by Crippen LogP contribution is -2.56. The standard InChI is InChI=1S/C32H40N4O2/c1-20(2)7-5-6-8-21-15-25-26(17-28(21)36-13-11-35(12-14-36)23-18-38-19-23)32(3,4)31-29(30(25)37)24-10-9-22(33)16-27(24)34-31/h9-10,16-17,20-21,23,34H,5,7,11-15,18-19,33H2,1-4H3. The number of nitrogens with one attached hydrogen (secondary N) is 1. The van der Waals surface area contributed by atoms with Crippen molar-refractivity contribution in [3.05, 3.63) is 52.4 Å². The highest BCUT2D eigenvalue weighted by Crippen LogP contribution is 2.48. The molecule has 2 aromatic rings. The summed E-state index contributed by atoms with van der Waals surface area (Å²) in [6.45, 7) is 14.7. The Balaban J connectivity index is 1.37. The Morgan fingerprint density at radius 2 is 1.95 bits per heavy atom. The fraction of sp³-hybridized carbons (Fsp3) is 0.531. The molecule has 0 amide bonds. The van der Waals surface area contributed by atoms with Crippen LogP contribution in [-0.2, 0) is 10.2 Å². The van der Waals surface area contributed by atoms with Gasteiger partial charge in [0.25, 0.3) is 0 Å². The molecular weight excluding hydrogens is 472 g/mol. The van der Waals surface area contributed by atoms with Crippen molar-refractivity contribution in [3.63, 3.8) is 0 Å². The number of hydrogen-bond donors (Lipinski definition) is 2. The van der Waals surface area contributed by atoms with Gasteiger partial charge >= 0.3 is 0 Å². The van der Waals surface area contributed by atoms with E-state index in [1.165, 1.54) is 5.70 Å². The van der Waals surface area contributed by atoms with Crippen LogP contribution in [0, 0.1) is 23.7 Å². The molecule has 1 aromatic heterocycles. The van der Waals surface area contributed by atoms with Crippen LogP contribution < -0.4 is 5.73 Å². The zero-order valence-electron chi connectivity index (χ0n) is 23.2. The molecule has 2 aliphatic heterocycles. The molecule has 4 aliphatic rings. The predicted molar refractivity (Wildman–Crippen MR) is 153 cm³/mol. The van der Waals surface area contributed by atoms with E-state index in [4.69, 9.17) is 10.5 Å². The van der Waals surface area contributed by atoms with E-state index in [1.807, 2.05) is 18.2 Å². The number of piperazine rings is 1. The molecule has 1 unspecified atom stereocenters. The van der Waals surface area contributed by atoms with E-state index < -0.39 is 0 Å². The number of carbonyl (C=O) groups is 1. The first-order valence-corrected chi connectivity index (χ1v) is 14.2. The number of hydrogen-bond acceptors (Lipinski definition) is 5. The molecule has 2 aliphatic carbocycles. The molecule has 6 nitrogen and oxygen atoms in total. The number of allylic oxidation sites excluding steroid dienone is 4. The van der Waals surface area contributed by atoms with Gasteiger partial charge in [-0.1, -0.05) is 39.7 Å². The molecule has 3 N–H and O–H groups in total. The summed E-state index contributed by atoms with van der Waals surface area (Å²) in [7, 11) is 0. The molecule has 200 valence electrons. The van der Waals surface area contributed by atoms with Gasteiger partial charge in [-0.3, -0.25) is 9.69 Å². The number of nitrogen functional groups attached to an aromatic ring is 1. The maximum Gasteiger partial charge on any atom is 0.191 e. The fourth-order valence-electron chi connectivity index (χ4n) is 6.50. The number of rotatable bonds is 4. The van der Waals surface area contributed by atoms with Crippen LogP contribution in [0.15, 0.2) is 41.1 Å². The van der Waals surface area contributed by atoms with Crippen molar-refractivity contribution in [3.8, 4) is 11.8 Å². The van der Waals surface area contributed by atoms with E-state index in [1.54, 1.807) is 0 Å². The van der Waals surface area contributed by atoms with Gasteiger partial charge in [-0.05, 0) is 42.5 Å². The summed E-state index contributed by atoms with van der Waals surface area (Å²) in [5, 5.41) is 0.962. The predicted octanol–water partition coefficient (Wildman–Crippen LogP) is 4.88. The second-order valence-electron chi connectivity index (χ2n) is 12.3. The number of aromatic amines is 1. The SMILES string of the molecule is CC(C)CCC#CC1CC2=C(C=C1N1CCN(C3COC3)CC1)C(C)(C)c1[nH]c3cc(N)ccc3c1C2=O. The minimum atomic E-state index is -0.321. The van der Waals surface area contributed by atoms with Crippen LogP contribution in [0.3, 0.4) is 0 Å². The summed E-state index contributed by atoms with van der Waals surface area (Å²) >= 11 is 0. The Kier molecular flexibility index (Phi) is 6.40. The smallest absolute Gasteiger partial charge is 0.191 e. The van der Waals surface area contributed by atoms with Crippen LogP contribution >= 0.6 is 0 Å². The number of aromatic nitrogens is 1. The lowest BCUT2D eigenvalue weighted by atomic mass is 9.66. The minimum absolute atomic E-state index is 0.0432. The number of nitrogens with two attached hydrogens (primary N) is 1. The summed E-state index contributed by atoms with van der Waals surface area (Å²) in [4.78, 5) is 22.8. The number of ketones is 1. The first kappa shape index (κ1) is 25.3. The Morgan fingerprint density at radius 3 is 2.63 bits per heavy atom. The number of benzene rings is 1. The van der Waals surface area contributed by atoms with Crippen molar-refractivity contribution < 1.29 is 9.53 Å². The summed E-state index contributed by atoms with van der Waals surface area (Å²) in [5.41, 5.74) is 12.5. The van der Waals surface area contributed by atoms with Crippen LogP contribution in [0.5, 0.6) is 0 Å². The van der Waals surface area contributed by atoms with Gasteiger partial charge in [-0.25, -0.2) is 0 Å². The number of carbonyl (C=O) groups excluding carboxylic acids is 1. The first-order chi connectivity index (χ1) is 18.2. The fourth-order valence-corrected chi connectivity index (χ4v) is 6.50. The van der Waals surface area contributed by atoms with E-state index in [0.29, 0.717) is 24.1 Å². The average Bonchev–Trinajstić information content (AvgIpc) is 3.24. The third-order valence-corrected chi connectivity index (χ3v) is 8.94. The van der Waals surface area contributed by atoms with Crippen LogP contribution in [0.2, 0.25) is 0 Å². The highest BCUT2D eigenvalue weighted by molar-refractivity contribution is 6.20. The van der Waals surface area contributed by atoms with Crippen LogP contribution in [0.1, 0.15) is 63.0 Å². The molecule has 0 saturated carbocycles. The summed E-state index contributed by atoms with van der Waals surface area (Å²) in [6, 6.07) is 6.38. The first-order valence-electron chi connectivity index (χ1n) is 14.2. The highest BCUT2D eigenvalue weighted by Gasteiger charge is 2.44. The molecule has 1 atom stereocenters. The molecule has 6 heteroatoms. The second-order valence-corrected chi connectivity index (χ2v) is 12.3. The van der Waals surface area contributed by atoms with Gasteiger partial charge < -0.3 is 20.4 Å². The highest BCUT2D eigenvalue weighted by atomic mass is 16.5. The lowest BCUT2D eigenvalue weighted by molar-refractivity contribution is -0.0751. The zero-order chi connectivity index (χ0) is 26.6. The summed E-state index contributed by atoms with van der Waals surface area (Å²) < 4.78 is 5.44. The van der Waals surface area contributed by atoms with E-state index in [-0.39, 0.29) is 17.1 Å². The Hall–Kier alpha value is -3.01. The van der Waals surface area contributed by atoms with E-state index >= 15 is 0 Å². The van der Waals surface area contributed by atoms with Crippen LogP contribution in [0.4, 0.5) is 5.69 Å². The summed E-state index contributed by atoms with van der Waals surface area (Å²) in [5.74, 6) is 7.93. The molecular formula is C32H40N4O2.